The van der Waals surface area contributed by atoms with Gasteiger partial charge in [-0.1, -0.05) is 43.0 Å². The molecule has 1 aromatic rings. The van der Waals surface area contributed by atoms with E-state index in [1.807, 2.05) is 42.6 Å². The second kappa shape index (κ2) is 10.0. The summed E-state index contributed by atoms with van der Waals surface area (Å²) in [5, 5.41) is 2.00. The van der Waals surface area contributed by atoms with E-state index in [2.05, 4.69) is 29.6 Å². The van der Waals surface area contributed by atoms with E-state index >= 15 is 0 Å². The van der Waals surface area contributed by atoms with Crippen LogP contribution >= 0.6 is 24.8 Å². The highest BCUT2D eigenvalue weighted by atomic mass is 32.1. The van der Waals surface area contributed by atoms with Gasteiger partial charge in [-0.15, -0.1) is 0 Å². The Balaban J connectivity index is 0.000000450. The van der Waals surface area contributed by atoms with Gasteiger partial charge in [0.2, 0.25) is 10.3 Å². The molecule has 1 fully saturated rings. The van der Waals surface area contributed by atoms with Crippen molar-refractivity contribution < 1.29 is 22.7 Å². The fourth-order valence-electron chi connectivity index (χ4n) is 2.56. The van der Waals surface area contributed by atoms with E-state index < -0.39 is 18.1 Å². The van der Waals surface area contributed by atoms with Gasteiger partial charge in [-0.2, -0.15) is 13.2 Å². The van der Waals surface area contributed by atoms with E-state index in [0.29, 0.717) is 11.0 Å². The molecular weight excluding hydrogens is 371 g/mol. The number of halogens is 3. The number of rotatable bonds is 5. The zero-order valence-corrected chi connectivity index (χ0v) is 15.8. The van der Waals surface area contributed by atoms with Gasteiger partial charge in [0, 0.05) is 6.92 Å². The predicted octanol–water partition coefficient (Wildman–Crippen LogP) is 4.48. The molecule has 0 aliphatic heterocycles. The number of carbonyl (C=O) groups excluding carboxylic acids is 1. The van der Waals surface area contributed by atoms with E-state index in [1.54, 1.807) is 0 Å². The zero-order valence-electron chi connectivity index (χ0n) is 14.0. The summed E-state index contributed by atoms with van der Waals surface area (Å²) >= 11 is 8.12. The number of carbonyl (C=O) groups is 1. The van der Waals surface area contributed by atoms with Crippen LogP contribution in [0.25, 0.3) is 0 Å². The van der Waals surface area contributed by atoms with Crippen molar-refractivity contribution >= 4 is 35.1 Å². The van der Waals surface area contributed by atoms with Crippen molar-refractivity contribution in [3.63, 3.8) is 0 Å². The van der Waals surface area contributed by atoms with Gasteiger partial charge in [-0.25, -0.2) is 0 Å². The maximum atomic E-state index is 12.8. The first-order valence-corrected chi connectivity index (χ1v) is 8.75. The summed E-state index contributed by atoms with van der Waals surface area (Å²) in [6.45, 7) is 3.59. The van der Waals surface area contributed by atoms with Crippen molar-refractivity contribution in [2.24, 2.45) is 5.92 Å². The number of nitrogens with one attached hydrogen (secondary N) is 1. The molecule has 140 valence electrons. The Bertz CT molecular complexity index is 567. The van der Waals surface area contributed by atoms with Crippen molar-refractivity contribution in [2.75, 3.05) is 6.61 Å². The number of amides is 1. The van der Waals surface area contributed by atoms with Crippen LogP contribution in [-0.2, 0) is 9.53 Å². The van der Waals surface area contributed by atoms with Gasteiger partial charge in [0.25, 0.3) is 0 Å². The molecule has 3 atom stereocenters. The molecule has 1 aliphatic carbocycles. The van der Waals surface area contributed by atoms with Crippen LogP contribution in [-0.4, -0.2) is 29.1 Å². The first-order valence-electron chi connectivity index (χ1n) is 7.89. The fourth-order valence-corrected chi connectivity index (χ4v) is 2.81. The molecule has 1 amide bonds. The maximum absolute atomic E-state index is 12.8. The smallest absolute Gasteiger partial charge is 0.408 e. The van der Waals surface area contributed by atoms with Crippen LogP contribution < -0.4 is 5.32 Å². The molecule has 3 nitrogen and oxygen atoms in total. The average molecular weight is 393 g/mol. The third-order valence-corrected chi connectivity index (χ3v) is 3.98. The van der Waals surface area contributed by atoms with Gasteiger partial charge < -0.3 is 10.1 Å². The molecule has 0 spiro atoms. The van der Waals surface area contributed by atoms with Gasteiger partial charge >= 0.3 is 6.18 Å². The third-order valence-electron chi connectivity index (χ3n) is 3.73. The van der Waals surface area contributed by atoms with Gasteiger partial charge in [-0.05, 0) is 49.4 Å². The number of thiol groups is 1. The number of hydrogen-bond acceptors (Lipinski definition) is 3. The Morgan fingerprint density at radius 3 is 2.40 bits per heavy atom. The molecule has 2 rings (SSSR count). The highest BCUT2D eigenvalue weighted by molar-refractivity contribution is 8.10. The first-order chi connectivity index (χ1) is 11.6. The van der Waals surface area contributed by atoms with Crippen LogP contribution in [0.3, 0.4) is 0 Å². The molecule has 0 heterocycles. The fraction of sp³-hybridized carbons (Fsp3) is 0.529. The third kappa shape index (κ3) is 8.58. The maximum Gasteiger partial charge on any atom is 0.408 e. The number of ether oxygens (including phenoxy) is 1. The van der Waals surface area contributed by atoms with E-state index in [-0.39, 0.29) is 18.3 Å². The molecule has 1 N–H and O–H groups in total. The minimum absolute atomic E-state index is 0.000810. The van der Waals surface area contributed by atoms with Crippen molar-refractivity contribution in [3.05, 3.63) is 35.9 Å². The Kier molecular flexibility index (Phi) is 8.71. The predicted molar refractivity (Wildman–Crippen MR) is 98.8 cm³/mol. The Hall–Kier alpha value is -1.28. The van der Waals surface area contributed by atoms with Gasteiger partial charge in [-0.3, -0.25) is 4.79 Å². The molecule has 0 saturated heterocycles. The molecule has 2 unspecified atom stereocenters. The second-order valence-electron chi connectivity index (χ2n) is 5.74. The number of thiocarbonyl (C=S) groups is 1. The summed E-state index contributed by atoms with van der Waals surface area (Å²) in [7, 11) is 0. The molecule has 0 radical (unpaired) electrons. The Morgan fingerprint density at radius 1 is 1.40 bits per heavy atom. The summed E-state index contributed by atoms with van der Waals surface area (Å²) in [6.07, 6.45) is -3.66. The van der Waals surface area contributed by atoms with E-state index in [4.69, 9.17) is 0 Å². The lowest BCUT2D eigenvalue weighted by Crippen LogP contribution is -2.44. The Morgan fingerprint density at radius 2 is 2.00 bits per heavy atom. The lowest BCUT2D eigenvalue weighted by molar-refractivity contribution is -0.163. The second-order valence-corrected chi connectivity index (χ2v) is 6.82. The van der Waals surface area contributed by atoms with Crippen LogP contribution in [0.4, 0.5) is 13.2 Å². The van der Waals surface area contributed by atoms with Gasteiger partial charge in [0.05, 0.1) is 6.61 Å². The summed E-state index contributed by atoms with van der Waals surface area (Å²) in [4.78, 5) is 10.8. The van der Waals surface area contributed by atoms with Crippen molar-refractivity contribution in [1.29, 1.82) is 0 Å². The van der Waals surface area contributed by atoms with E-state index in [9.17, 15) is 18.0 Å². The quantitative estimate of drug-likeness (QED) is 0.572. The van der Waals surface area contributed by atoms with Gasteiger partial charge in [0.1, 0.15) is 6.04 Å². The van der Waals surface area contributed by atoms with Crippen molar-refractivity contribution in [3.8, 4) is 0 Å². The van der Waals surface area contributed by atoms with Crippen LogP contribution in [0.15, 0.2) is 30.3 Å². The summed E-state index contributed by atoms with van der Waals surface area (Å²) in [6, 6.07) is 7.80. The lowest BCUT2D eigenvalue weighted by atomic mass is 10.0. The number of hydrogen-bond donors (Lipinski definition) is 2. The van der Waals surface area contributed by atoms with Gasteiger partial charge in [0.15, 0.2) is 0 Å². The SMILES string of the molecule is CC(=O)N[C@@H](CC1CC1c1ccccc1)C(F)(F)F.CCOC(=S)S. The molecule has 1 aliphatic rings. The highest BCUT2D eigenvalue weighted by Gasteiger charge is 2.47. The minimum atomic E-state index is -4.38. The van der Waals surface area contributed by atoms with Crippen LogP contribution in [0, 0.1) is 5.92 Å². The van der Waals surface area contributed by atoms with Crippen LogP contribution in [0.1, 0.15) is 38.2 Å². The van der Waals surface area contributed by atoms with Crippen molar-refractivity contribution in [1.82, 2.24) is 5.32 Å². The Labute approximate surface area is 156 Å². The summed E-state index contributed by atoms with van der Waals surface area (Å²) in [5.74, 6) is -0.445. The van der Waals surface area contributed by atoms with Crippen molar-refractivity contribution in [2.45, 2.75) is 44.8 Å². The number of benzene rings is 1. The summed E-state index contributed by atoms with van der Waals surface area (Å²) in [5.41, 5.74) is 1.08. The van der Waals surface area contributed by atoms with Crippen LogP contribution in [0.2, 0.25) is 0 Å². The molecule has 0 aromatic heterocycles. The standard InChI is InChI=1S/C14H16F3NO.C3H6OS2/c1-9(19)18-13(14(15,16)17)8-11-7-12(11)10-5-3-2-4-6-10;1-2-4-3(5)6/h2-6,11-13H,7-8H2,1H3,(H,18,19);2H2,1H3,(H,5,6)/t11?,12?,13-;/m0./s1. The summed E-state index contributed by atoms with van der Waals surface area (Å²) < 4.78 is 43.3. The molecule has 25 heavy (non-hydrogen) atoms. The molecular formula is C17H22F3NO2S2. The highest BCUT2D eigenvalue weighted by Crippen LogP contribution is 2.51. The number of alkyl halides is 3. The zero-order chi connectivity index (χ0) is 19.0. The topological polar surface area (TPSA) is 38.3 Å². The first kappa shape index (κ1) is 21.8. The minimum Gasteiger partial charge on any atom is -0.479 e. The lowest BCUT2D eigenvalue weighted by Gasteiger charge is -2.21. The monoisotopic (exact) mass is 393 g/mol. The molecule has 1 saturated carbocycles. The molecule has 0 bridgehead atoms. The normalized spacial score (nSPS) is 19.9. The largest absolute Gasteiger partial charge is 0.479 e. The average Bonchev–Trinajstić information content (AvgIpc) is 3.26. The molecule has 1 aromatic carbocycles. The van der Waals surface area contributed by atoms with E-state index in [0.717, 1.165) is 18.9 Å². The van der Waals surface area contributed by atoms with Crippen LogP contribution in [0.5, 0.6) is 0 Å². The molecule has 8 heteroatoms. The van der Waals surface area contributed by atoms with E-state index in [1.165, 1.54) is 0 Å².